The Balaban J connectivity index is 1.29. The summed E-state index contributed by atoms with van der Waals surface area (Å²) in [5, 5.41) is 12.8. The Hall–Kier alpha value is -4.31. The van der Waals surface area contributed by atoms with Gasteiger partial charge in [0.1, 0.15) is 23.3 Å². The van der Waals surface area contributed by atoms with Gasteiger partial charge in [0.15, 0.2) is 0 Å². The van der Waals surface area contributed by atoms with E-state index in [9.17, 15) is 14.9 Å². The van der Waals surface area contributed by atoms with Crippen molar-refractivity contribution in [2.75, 3.05) is 13.7 Å². The lowest BCUT2D eigenvalue weighted by atomic mass is 9.91. The average Bonchev–Trinajstić information content (AvgIpc) is 3.30. The molecule has 7 heteroatoms. The quantitative estimate of drug-likeness (QED) is 0.561. The predicted octanol–water partition coefficient (Wildman–Crippen LogP) is 4.29. The summed E-state index contributed by atoms with van der Waals surface area (Å²) in [7, 11) is 1.34. The Bertz CT molecular complexity index is 1300. The standard InChI is InChI=1S/C28H24N2O5/c1-33-28(32)23-10-11-34-26-15-25(20(16-29)14-24(23)26)35-22-8-6-17(7-9-22)27(31)30-21-12-18-4-2-3-5-19(18)13-21/h2-9,14-15,21,23H,10-13H2,1H3,(H,30,31). The van der Waals surface area contributed by atoms with Gasteiger partial charge in [-0.25, -0.2) is 0 Å². The second-order valence-corrected chi connectivity index (χ2v) is 8.68. The third-order valence-electron chi connectivity index (χ3n) is 6.49. The van der Waals surface area contributed by atoms with Crippen molar-refractivity contribution in [2.45, 2.75) is 31.2 Å². The van der Waals surface area contributed by atoms with Gasteiger partial charge < -0.3 is 19.5 Å². The first-order chi connectivity index (χ1) is 17.1. The molecular formula is C28H24N2O5. The first-order valence-electron chi connectivity index (χ1n) is 11.5. The molecule has 5 rings (SSSR count). The fraction of sp³-hybridized carbons (Fsp3) is 0.250. The second kappa shape index (κ2) is 9.51. The van der Waals surface area contributed by atoms with Crippen LogP contribution in [0.1, 0.15) is 45.0 Å². The maximum absolute atomic E-state index is 12.7. The van der Waals surface area contributed by atoms with Gasteiger partial charge in [0.25, 0.3) is 5.91 Å². The van der Waals surface area contributed by atoms with Crippen molar-refractivity contribution in [1.29, 1.82) is 5.26 Å². The van der Waals surface area contributed by atoms with E-state index in [0.717, 1.165) is 12.8 Å². The van der Waals surface area contributed by atoms with Crippen LogP contribution in [0.3, 0.4) is 0 Å². The highest BCUT2D eigenvalue weighted by molar-refractivity contribution is 5.94. The van der Waals surface area contributed by atoms with Crippen LogP contribution in [0.2, 0.25) is 0 Å². The molecule has 7 nitrogen and oxygen atoms in total. The molecule has 0 bridgehead atoms. The minimum absolute atomic E-state index is 0.0818. The summed E-state index contributed by atoms with van der Waals surface area (Å²) in [6.07, 6.45) is 2.15. The zero-order chi connectivity index (χ0) is 24.4. The second-order valence-electron chi connectivity index (χ2n) is 8.68. The van der Waals surface area contributed by atoms with Crippen LogP contribution in [0.4, 0.5) is 0 Å². The van der Waals surface area contributed by atoms with E-state index in [0.29, 0.717) is 41.4 Å². The van der Waals surface area contributed by atoms with Crippen LogP contribution in [0.25, 0.3) is 0 Å². The number of hydrogen-bond donors (Lipinski definition) is 1. The van der Waals surface area contributed by atoms with Crippen molar-refractivity contribution in [3.05, 3.63) is 88.5 Å². The lowest BCUT2D eigenvalue weighted by molar-refractivity contribution is -0.143. The van der Waals surface area contributed by atoms with Crippen molar-refractivity contribution in [2.24, 2.45) is 0 Å². The van der Waals surface area contributed by atoms with Crippen molar-refractivity contribution in [3.63, 3.8) is 0 Å². The summed E-state index contributed by atoms with van der Waals surface area (Å²) in [6, 6.07) is 20.5. The molecule has 0 fully saturated rings. The molecule has 35 heavy (non-hydrogen) atoms. The molecular weight excluding hydrogens is 444 g/mol. The minimum atomic E-state index is -0.477. The Morgan fingerprint density at radius 1 is 1.06 bits per heavy atom. The van der Waals surface area contributed by atoms with Gasteiger partial charge in [-0.2, -0.15) is 5.26 Å². The monoisotopic (exact) mass is 468 g/mol. The average molecular weight is 469 g/mol. The molecule has 1 amide bonds. The summed E-state index contributed by atoms with van der Waals surface area (Å²) >= 11 is 0. The molecule has 1 aliphatic heterocycles. The number of ether oxygens (including phenoxy) is 3. The summed E-state index contributed by atoms with van der Waals surface area (Å²) in [4.78, 5) is 24.9. The zero-order valence-corrected chi connectivity index (χ0v) is 19.2. The van der Waals surface area contributed by atoms with Gasteiger partial charge in [0.05, 0.1) is 25.2 Å². The van der Waals surface area contributed by atoms with Crippen molar-refractivity contribution in [3.8, 4) is 23.3 Å². The number of methoxy groups -OCH3 is 1. The van der Waals surface area contributed by atoms with Gasteiger partial charge in [0, 0.05) is 23.2 Å². The smallest absolute Gasteiger partial charge is 0.313 e. The molecule has 0 aromatic heterocycles. The van der Waals surface area contributed by atoms with Crippen LogP contribution in [0.5, 0.6) is 17.2 Å². The molecule has 1 heterocycles. The lowest BCUT2D eigenvalue weighted by Crippen LogP contribution is -2.35. The summed E-state index contributed by atoms with van der Waals surface area (Å²) in [5.74, 6) is 0.319. The van der Waals surface area contributed by atoms with Crippen LogP contribution in [0, 0.1) is 11.3 Å². The number of amides is 1. The number of rotatable bonds is 5. The van der Waals surface area contributed by atoms with Gasteiger partial charge in [0.2, 0.25) is 0 Å². The maximum atomic E-state index is 12.7. The summed E-state index contributed by atoms with van der Waals surface area (Å²) in [6.45, 7) is 0.369. The molecule has 1 aliphatic carbocycles. The van der Waals surface area contributed by atoms with E-state index >= 15 is 0 Å². The van der Waals surface area contributed by atoms with Crippen molar-refractivity contribution in [1.82, 2.24) is 5.32 Å². The third kappa shape index (κ3) is 4.56. The number of carbonyl (C=O) groups excluding carboxylic acids is 2. The fourth-order valence-electron chi connectivity index (χ4n) is 4.71. The zero-order valence-electron chi connectivity index (χ0n) is 19.2. The number of esters is 1. The highest BCUT2D eigenvalue weighted by Crippen LogP contribution is 2.40. The predicted molar refractivity (Wildman–Crippen MR) is 128 cm³/mol. The van der Waals surface area contributed by atoms with Gasteiger partial charge in [-0.1, -0.05) is 24.3 Å². The molecule has 3 aromatic rings. The Labute approximate surface area is 203 Å². The molecule has 176 valence electrons. The third-order valence-corrected chi connectivity index (χ3v) is 6.49. The number of benzene rings is 3. The number of nitrogens with zero attached hydrogens (tertiary/aromatic N) is 1. The van der Waals surface area contributed by atoms with E-state index < -0.39 is 5.92 Å². The largest absolute Gasteiger partial charge is 0.493 e. The molecule has 1 atom stereocenters. The fourth-order valence-corrected chi connectivity index (χ4v) is 4.71. The summed E-state index contributed by atoms with van der Waals surface area (Å²) < 4.78 is 16.6. The van der Waals surface area contributed by atoms with Crippen LogP contribution < -0.4 is 14.8 Å². The van der Waals surface area contributed by atoms with Crippen LogP contribution in [-0.2, 0) is 22.4 Å². The van der Waals surface area contributed by atoms with Crippen molar-refractivity contribution < 1.29 is 23.8 Å². The highest BCUT2D eigenvalue weighted by atomic mass is 16.5. The Morgan fingerprint density at radius 3 is 2.43 bits per heavy atom. The first kappa shape index (κ1) is 22.5. The van der Waals surface area contributed by atoms with Gasteiger partial charge in [-0.15, -0.1) is 0 Å². The van der Waals surface area contributed by atoms with Crippen LogP contribution in [0.15, 0.2) is 60.7 Å². The van der Waals surface area contributed by atoms with E-state index in [4.69, 9.17) is 14.2 Å². The molecule has 0 saturated carbocycles. The van der Waals surface area contributed by atoms with Crippen LogP contribution in [-0.4, -0.2) is 31.6 Å². The minimum Gasteiger partial charge on any atom is -0.493 e. The molecule has 2 aliphatic rings. The lowest BCUT2D eigenvalue weighted by Gasteiger charge is -2.25. The Kier molecular flexibility index (Phi) is 6.11. The molecule has 1 N–H and O–H groups in total. The Morgan fingerprint density at radius 2 is 1.77 bits per heavy atom. The van der Waals surface area contributed by atoms with Gasteiger partial charge >= 0.3 is 5.97 Å². The number of nitrogens with one attached hydrogen (secondary N) is 1. The summed E-state index contributed by atoms with van der Waals surface area (Å²) in [5.41, 5.74) is 3.99. The van der Waals surface area contributed by atoms with E-state index in [2.05, 4.69) is 23.5 Å². The molecule has 0 saturated heterocycles. The highest BCUT2D eigenvalue weighted by Gasteiger charge is 2.30. The molecule has 0 spiro atoms. The SMILES string of the molecule is COC(=O)C1CCOc2cc(Oc3ccc(C(=O)NC4Cc5ccccc5C4)cc3)c(C#N)cc21. The number of hydrogen-bond acceptors (Lipinski definition) is 6. The van der Waals surface area contributed by atoms with Gasteiger partial charge in [-0.05, 0) is 60.7 Å². The van der Waals surface area contributed by atoms with E-state index in [1.165, 1.54) is 18.2 Å². The molecule has 1 unspecified atom stereocenters. The first-order valence-corrected chi connectivity index (χ1v) is 11.5. The topological polar surface area (TPSA) is 97.7 Å². The van der Waals surface area contributed by atoms with E-state index in [-0.39, 0.29) is 23.5 Å². The normalized spacial score (nSPS) is 16.3. The number of carbonyl (C=O) groups is 2. The van der Waals surface area contributed by atoms with Crippen molar-refractivity contribution >= 4 is 11.9 Å². The maximum Gasteiger partial charge on any atom is 0.313 e. The number of fused-ring (bicyclic) bond motifs is 2. The van der Waals surface area contributed by atoms with Crippen LogP contribution >= 0.6 is 0 Å². The molecule has 3 aromatic carbocycles. The van der Waals surface area contributed by atoms with E-state index in [1.807, 2.05) is 12.1 Å². The van der Waals surface area contributed by atoms with E-state index in [1.54, 1.807) is 36.4 Å². The number of nitriles is 1. The van der Waals surface area contributed by atoms with Gasteiger partial charge in [-0.3, -0.25) is 9.59 Å². The molecule has 0 radical (unpaired) electrons.